The van der Waals surface area contributed by atoms with Crippen molar-refractivity contribution in [1.29, 1.82) is 0 Å². The summed E-state index contributed by atoms with van der Waals surface area (Å²) in [5, 5.41) is 3.25. The van der Waals surface area contributed by atoms with E-state index < -0.39 is 0 Å². The molecule has 0 atom stereocenters. The smallest absolute Gasteiger partial charge is 0.241 e. The molecule has 1 fully saturated rings. The van der Waals surface area contributed by atoms with E-state index in [2.05, 4.69) is 5.32 Å². The van der Waals surface area contributed by atoms with Crippen molar-refractivity contribution in [3.8, 4) is 0 Å². The predicted octanol–water partition coefficient (Wildman–Crippen LogP) is 0.0275. The summed E-state index contributed by atoms with van der Waals surface area (Å²) in [6.45, 7) is 2.10. The van der Waals surface area contributed by atoms with Gasteiger partial charge in [0.15, 0.2) is 0 Å². The van der Waals surface area contributed by atoms with Crippen molar-refractivity contribution in [3.05, 3.63) is 12.2 Å². The summed E-state index contributed by atoms with van der Waals surface area (Å²) < 4.78 is 0. The molecule has 3 nitrogen and oxygen atoms in total. The van der Waals surface area contributed by atoms with E-state index in [-0.39, 0.29) is 5.91 Å². The Labute approximate surface area is 66.6 Å². The number of primary amides is 1. The van der Waals surface area contributed by atoms with E-state index in [0.29, 0.717) is 5.92 Å². The lowest BCUT2D eigenvalue weighted by atomic mass is 9.98. The third-order valence-electron chi connectivity index (χ3n) is 1.92. The van der Waals surface area contributed by atoms with Crippen LogP contribution in [0.3, 0.4) is 0 Å². The summed E-state index contributed by atoms with van der Waals surface area (Å²) >= 11 is 0. The zero-order chi connectivity index (χ0) is 8.10. The minimum absolute atomic E-state index is 0.344. The molecule has 11 heavy (non-hydrogen) atoms. The van der Waals surface area contributed by atoms with Gasteiger partial charge in [0, 0.05) is 0 Å². The number of hydrogen-bond acceptors (Lipinski definition) is 2. The molecule has 0 aromatic carbocycles. The molecule has 0 aromatic heterocycles. The van der Waals surface area contributed by atoms with Gasteiger partial charge < -0.3 is 11.1 Å². The SMILES string of the molecule is NC(=O)C=CC1CCNCC1. The topological polar surface area (TPSA) is 55.1 Å². The second-order valence-electron chi connectivity index (χ2n) is 2.85. The zero-order valence-corrected chi connectivity index (χ0v) is 6.55. The van der Waals surface area contributed by atoms with Crippen LogP contribution in [0.15, 0.2) is 12.2 Å². The lowest BCUT2D eigenvalue weighted by molar-refractivity contribution is -0.113. The normalized spacial score (nSPS) is 20.7. The molecule has 1 aliphatic rings. The van der Waals surface area contributed by atoms with Crippen molar-refractivity contribution in [2.75, 3.05) is 13.1 Å². The van der Waals surface area contributed by atoms with Gasteiger partial charge in [-0.05, 0) is 37.9 Å². The van der Waals surface area contributed by atoms with E-state index >= 15 is 0 Å². The first-order chi connectivity index (χ1) is 5.29. The zero-order valence-electron chi connectivity index (χ0n) is 6.55. The highest BCUT2D eigenvalue weighted by molar-refractivity contribution is 5.85. The van der Waals surface area contributed by atoms with Gasteiger partial charge in [-0.2, -0.15) is 0 Å². The van der Waals surface area contributed by atoms with Crippen LogP contribution in [0.5, 0.6) is 0 Å². The second-order valence-corrected chi connectivity index (χ2v) is 2.85. The summed E-state index contributed by atoms with van der Waals surface area (Å²) in [4.78, 5) is 10.4. The summed E-state index contributed by atoms with van der Waals surface area (Å²) in [5.74, 6) is 0.201. The van der Waals surface area contributed by atoms with E-state index in [1.54, 1.807) is 0 Å². The Kier molecular flexibility index (Phi) is 3.11. The van der Waals surface area contributed by atoms with Gasteiger partial charge in [0.1, 0.15) is 0 Å². The molecule has 0 radical (unpaired) electrons. The van der Waals surface area contributed by atoms with Crippen molar-refractivity contribution < 1.29 is 4.79 Å². The molecule has 0 bridgehead atoms. The number of hydrogen-bond donors (Lipinski definition) is 2. The van der Waals surface area contributed by atoms with Crippen LogP contribution in [0, 0.1) is 5.92 Å². The van der Waals surface area contributed by atoms with Gasteiger partial charge in [-0.15, -0.1) is 0 Å². The second kappa shape index (κ2) is 4.13. The first-order valence-electron chi connectivity index (χ1n) is 3.97. The third kappa shape index (κ3) is 3.18. The fourth-order valence-electron chi connectivity index (χ4n) is 1.27. The Morgan fingerprint density at radius 1 is 1.45 bits per heavy atom. The van der Waals surface area contributed by atoms with Gasteiger partial charge in [0.05, 0.1) is 0 Å². The summed E-state index contributed by atoms with van der Waals surface area (Å²) in [6.07, 6.45) is 5.62. The molecule has 0 aromatic rings. The van der Waals surface area contributed by atoms with Crippen LogP contribution in [0.25, 0.3) is 0 Å². The Hall–Kier alpha value is -0.830. The maximum absolute atomic E-state index is 10.4. The standard InChI is InChI=1S/C8H14N2O/c9-8(11)2-1-7-3-5-10-6-4-7/h1-2,7,10H,3-6H2,(H2,9,11). The summed E-state index contributed by atoms with van der Waals surface area (Å²) in [6, 6.07) is 0. The Morgan fingerprint density at radius 3 is 2.64 bits per heavy atom. The highest BCUT2D eigenvalue weighted by Gasteiger charge is 2.08. The minimum Gasteiger partial charge on any atom is -0.366 e. The van der Waals surface area contributed by atoms with Gasteiger partial charge in [-0.1, -0.05) is 6.08 Å². The summed E-state index contributed by atoms with van der Waals surface area (Å²) in [7, 11) is 0. The quantitative estimate of drug-likeness (QED) is 0.551. The molecule has 0 unspecified atom stereocenters. The third-order valence-corrected chi connectivity index (χ3v) is 1.92. The van der Waals surface area contributed by atoms with E-state index in [4.69, 9.17) is 5.73 Å². The molecule has 1 aliphatic heterocycles. The molecule has 3 heteroatoms. The van der Waals surface area contributed by atoms with Crippen LogP contribution < -0.4 is 11.1 Å². The summed E-state index contributed by atoms with van der Waals surface area (Å²) in [5.41, 5.74) is 4.97. The molecule has 1 amide bonds. The van der Waals surface area contributed by atoms with Gasteiger partial charge in [-0.3, -0.25) is 4.79 Å². The van der Waals surface area contributed by atoms with Crippen molar-refractivity contribution in [2.24, 2.45) is 11.7 Å². The molecule has 0 saturated carbocycles. The van der Waals surface area contributed by atoms with Gasteiger partial charge in [0.2, 0.25) is 5.91 Å². The van der Waals surface area contributed by atoms with Gasteiger partial charge in [0.25, 0.3) is 0 Å². The fraction of sp³-hybridized carbons (Fsp3) is 0.625. The molecular weight excluding hydrogens is 140 g/mol. The van der Waals surface area contributed by atoms with Crippen LogP contribution in [0.2, 0.25) is 0 Å². The maximum Gasteiger partial charge on any atom is 0.241 e. The molecule has 0 spiro atoms. The molecule has 62 valence electrons. The van der Waals surface area contributed by atoms with Crippen molar-refractivity contribution in [1.82, 2.24) is 5.32 Å². The van der Waals surface area contributed by atoms with E-state index in [9.17, 15) is 4.79 Å². The van der Waals surface area contributed by atoms with Crippen molar-refractivity contribution in [3.63, 3.8) is 0 Å². The monoisotopic (exact) mass is 154 g/mol. The van der Waals surface area contributed by atoms with E-state index in [1.165, 1.54) is 6.08 Å². The lowest BCUT2D eigenvalue weighted by Crippen LogP contribution is -2.26. The van der Waals surface area contributed by atoms with Gasteiger partial charge in [-0.25, -0.2) is 0 Å². The molecule has 0 aliphatic carbocycles. The number of nitrogens with one attached hydrogen (secondary N) is 1. The number of rotatable bonds is 2. The highest BCUT2D eigenvalue weighted by Crippen LogP contribution is 2.12. The van der Waals surface area contributed by atoms with Gasteiger partial charge >= 0.3 is 0 Å². The first kappa shape index (κ1) is 8.27. The molecule has 1 heterocycles. The maximum atomic E-state index is 10.4. The lowest BCUT2D eigenvalue weighted by Gasteiger charge is -2.18. The molecule has 1 saturated heterocycles. The van der Waals surface area contributed by atoms with Crippen LogP contribution in [0.1, 0.15) is 12.8 Å². The molecular formula is C8H14N2O. The highest BCUT2D eigenvalue weighted by atomic mass is 16.1. The van der Waals surface area contributed by atoms with Crippen LogP contribution in [0.4, 0.5) is 0 Å². The number of carbonyl (C=O) groups is 1. The predicted molar refractivity (Wildman–Crippen MR) is 43.9 cm³/mol. The van der Waals surface area contributed by atoms with Crippen molar-refractivity contribution >= 4 is 5.91 Å². The number of nitrogens with two attached hydrogens (primary N) is 1. The van der Waals surface area contributed by atoms with Crippen LogP contribution in [-0.4, -0.2) is 19.0 Å². The van der Waals surface area contributed by atoms with Crippen LogP contribution in [-0.2, 0) is 4.79 Å². The first-order valence-corrected chi connectivity index (χ1v) is 3.97. The Bertz CT molecular complexity index is 159. The number of carbonyl (C=O) groups excluding carboxylic acids is 1. The Balaban J connectivity index is 2.29. The number of piperidine rings is 1. The largest absolute Gasteiger partial charge is 0.366 e. The van der Waals surface area contributed by atoms with Crippen LogP contribution >= 0.6 is 0 Å². The van der Waals surface area contributed by atoms with Crippen molar-refractivity contribution in [2.45, 2.75) is 12.8 Å². The minimum atomic E-state index is -0.344. The number of amides is 1. The average molecular weight is 154 g/mol. The number of allylic oxidation sites excluding steroid dienone is 1. The molecule has 3 N–H and O–H groups in total. The average Bonchev–Trinajstić information content (AvgIpc) is 2.03. The fourth-order valence-corrected chi connectivity index (χ4v) is 1.27. The molecule has 1 rings (SSSR count). The Morgan fingerprint density at radius 2 is 2.09 bits per heavy atom. The van der Waals surface area contributed by atoms with E-state index in [1.807, 2.05) is 6.08 Å². The van der Waals surface area contributed by atoms with E-state index in [0.717, 1.165) is 25.9 Å².